The predicted octanol–water partition coefficient (Wildman–Crippen LogP) is 3.87. The lowest BCUT2D eigenvalue weighted by molar-refractivity contribution is -0.114. The molecule has 0 saturated heterocycles. The molecule has 0 aliphatic heterocycles. The summed E-state index contributed by atoms with van der Waals surface area (Å²) in [6, 6.07) is 9.36. The summed E-state index contributed by atoms with van der Waals surface area (Å²) >= 11 is 0. The first kappa shape index (κ1) is 23.4. The molecule has 0 heterocycles. The van der Waals surface area contributed by atoms with E-state index in [9.17, 15) is 19.8 Å². The van der Waals surface area contributed by atoms with E-state index < -0.39 is 0 Å². The Morgan fingerprint density at radius 3 is 2.00 bits per heavy atom. The third-order valence-electron chi connectivity index (χ3n) is 5.82. The topological polar surface area (TPSA) is 123 Å². The van der Waals surface area contributed by atoms with Crippen LogP contribution in [0.1, 0.15) is 32.6 Å². The molecule has 2 aromatic carbocycles. The van der Waals surface area contributed by atoms with Crippen LogP contribution in [0.2, 0.25) is 0 Å². The number of anilines is 2. The average molecular weight is 441 g/mol. The minimum absolute atomic E-state index is 0.0709. The highest BCUT2D eigenvalue weighted by Gasteiger charge is 2.22. The fourth-order valence-electron chi connectivity index (χ4n) is 4.29. The maximum atomic E-state index is 12.3. The molecule has 6 N–H and O–H groups in total. The monoisotopic (exact) mass is 440 g/mol. The fourth-order valence-corrected chi connectivity index (χ4v) is 4.29. The van der Waals surface area contributed by atoms with Gasteiger partial charge in [-0.15, -0.1) is 0 Å². The van der Waals surface area contributed by atoms with Crippen molar-refractivity contribution >= 4 is 23.3 Å². The van der Waals surface area contributed by atoms with E-state index in [2.05, 4.69) is 21.3 Å². The molecule has 1 aliphatic rings. The number of hydrogen-bond donors (Lipinski definition) is 6. The van der Waals surface area contributed by atoms with Crippen LogP contribution in [0.4, 0.5) is 16.2 Å². The summed E-state index contributed by atoms with van der Waals surface area (Å²) in [5, 5.41) is 31.9. The summed E-state index contributed by atoms with van der Waals surface area (Å²) in [6.07, 6.45) is 4.64. The van der Waals surface area contributed by atoms with E-state index in [1.165, 1.54) is 31.9 Å². The number of carbonyl (C=O) groups is 2. The normalized spacial score (nSPS) is 18.1. The summed E-state index contributed by atoms with van der Waals surface area (Å²) in [4.78, 5) is 23.5. The first-order chi connectivity index (χ1) is 15.4. The van der Waals surface area contributed by atoms with Gasteiger partial charge in [-0.05, 0) is 80.1 Å². The quantitative estimate of drug-likeness (QED) is 0.365. The molecule has 0 aromatic heterocycles. The largest absolute Gasteiger partial charge is 0.506 e. The molecule has 2 unspecified atom stereocenters. The molecule has 3 rings (SSSR count). The Kier molecular flexibility index (Phi) is 7.94. The van der Waals surface area contributed by atoms with Crippen LogP contribution in [0.5, 0.6) is 11.5 Å². The van der Waals surface area contributed by atoms with Crippen molar-refractivity contribution in [2.45, 2.75) is 32.6 Å². The molecular formula is C24H32N4O4. The lowest BCUT2D eigenvalue weighted by Crippen LogP contribution is -2.36. The van der Waals surface area contributed by atoms with E-state index >= 15 is 0 Å². The molecule has 2 aromatic rings. The number of phenols is 2. The molecule has 1 fully saturated rings. The molecular weight excluding hydrogens is 408 g/mol. The van der Waals surface area contributed by atoms with E-state index in [4.69, 9.17) is 0 Å². The van der Waals surface area contributed by atoms with Gasteiger partial charge in [0.2, 0.25) is 5.91 Å². The second-order valence-electron chi connectivity index (χ2n) is 8.44. The maximum Gasteiger partial charge on any atom is 0.319 e. The van der Waals surface area contributed by atoms with Gasteiger partial charge in [-0.2, -0.15) is 0 Å². The standard InChI is InChI=1S/C24H32N4O4/c1-15(29)27-20-8-6-18(11-22(20)30)19-7-9-21(23(31)12-19)28-24(32)26-14-17-5-3-4-16(10-17)13-25-2/h6-9,11-12,16-17,25,30-31H,3-5,10,13-14H2,1-2H3,(H,27,29)(H2,26,28,32). The van der Waals surface area contributed by atoms with E-state index in [0.29, 0.717) is 40.9 Å². The number of phenolic OH excluding ortho intramolecular Hbond substituents is 2. The molecule has 0 radical (unpaired) electrons. The Morgan fingerprint density at radius 1 is 0.906 bits per heavy atom. The van der Waals surface area contributed by atoms with Crippen LogP contribution in [0.3, 0.4) is 0 Å². The molecule has 3 amide bonds. The summed E-state index contributed by atoms with van der Waals surface area (Å²) in [6.45, 7) is 2.99. The number of benzene rings is 2. The molecule has 8 nitrogen and oxygen atoms in total. The number of rotatable bonds is 7. The van der Waals surface area contributed by atoms with Crippen molar-refractivity contribution in [3.63, 3.8) is 0 Å². The summed E-state index contributed by atoms with van der Waals surface area (Å²) in [5.74, 6) is 0.706. The molecule has 0 spiro atoms. The van der Waals surface area contributed by atoms with E-state index in [-0.39, 0.29) is 23.4 Å². The highest BCUT2D eigenvalue weighted by Crippen LogP contribution is 2.34. The zero-order valence-electron chi connectivity index (χ0n) is 18.6. The minimum Gasteiger partial charge on any atom is -0.506 e. The van der Waals surface area contributed by atoms with Gasteiger partial charge < -0.3 is 31.5 Å². The number of carbonyl (C=O) groups excluding carboxylic acids is 2. The smallest absolute Gasteiger partial charge is 0.319 e. The summed E-state index contributed by atoms with van der Waals surface area (Å²) < 4.78 is 0. The zero-order chi connectivity index (χ0) is 23.1. The van der Waals surface area contributed by atoms with Gasteiger partial charge >= 0.3 is 6.03 Å². The van der Waals surface area contributed by atoms with Gasteiger partial charge in [0.25, 0.3) is 0 Å². The first-order valence-corrected chi connectivity index (χ1v) is 11.0. The zero-order valence-corrected chi connectivity index (χ0v) is 18.6. The summed E-state index contributed by atoms with van der Waals surface area (Å²) in [5.41, 5.74) is 1.95. The van der Waals surface area contributed by atoms with Crippen molar-refractivity contribution in [1.29, 1.82) is 0 Å². The Morgan fingerprint density at radius 2 is 1.47 bits per heavy atom. The molecule has 1 aliphatic carbocycles. The Bertz CT molecular complexity index is 961. The van der Waals surface area contributed by atoms with E-state index in [0.717, 1.165) is 19.4 Å². The lowest BCUT2D eigenvalue weighted by atomic mass is 9.81. The van der Waals surface area contributed by atoms with Crippen LogP contribution in [0.25, 0.3) is 11.1 Å². The lowest BCUT2D eigenvalue weighted by Gasteiger charge is -2.29. The van der Waals surface area contributed by atoms with Crippen LogP contribution >= 0.6 is 0 Å². The van der Waals surface area contributed by atoms with Crippen molar-refractivity contribution in [3.8, 4) is 22.6 Å². The van der Waals surface area contributed by atoms with Gasteiger partial charge in [0, 0.05) is 13.5 Å². The van der Waals surface area contributed by atoms with Gasteiger partial charge in [0.1, 0.15) is 11.5 Å². The van der Waals surface area contributed by atoms with Gasteiger partial charge in [0.15, 0.2) is 0 Å². The number of hydrogen-bond acceptors (Lipinski definition) is 5. The molecule has 172 valence electrons. The van der Waals surface area contributed by atoms with Crippen LogP contribution < -0.4 is 21.3 Å². The SMILES string of the molecule is CNCC1CCCC(CNC(=O)Nc2ccc(-c3ccc(NC(C)=O)c(O)c3)cc2O)C1. The number of amides is 3. The second kappa shape index (κ2) is 10.9. The first-order valence-electron chi connectivity index (χ1n) is 11.0. The van der Waals surface area contributed by atoms with Gasteiger partial charge in [0.05, 0.1) is 11.4 Å². The van der Waals surface area contributed by atoms with Crippen molar-refractivity contribution < 1.29 is 19.8 Å². The van der Waals surface area contributed by atoms with Crippen LogP contribution in [0.15, 0.2) is 36.4 Å². The van der Waals surface area contributed by atoms with Crippen molar-refractivity contribution in [1.82, 2.24) is 10.6 Å². The Balaban J connectivity index is 1.57. The van der Waals surface area contributed by atoms with Crippen LogP contribution in [0, 0.1) is 11.8 Å². The second-order valence-corrected chi connectivity index (χ2v) is 8.44. The maximum absolute atomic E-state index is 12.3. The highest BCUT2D eigenvalue weighted by molar-refractivity contribution is 5.92. The van der Waals surface area contributed by atoms with Gasteiger partial charge in [-0.25, -0.2) is 4.79 Å². The number of urea groups is 1. The number of nitrogens with one attached hydrogen (secondary N) is 4. The van der Waals surface area contributed by atoms with Crippen molar-refractivity contribution in [3.05, 3.63) is 36.4 Å². The molecule has 1 saturated carbocycles. The van der Waals surface area contributed by atoms with E-state index in [1.54, 1.807) is 24.3 Å². The predicted molar refractivity (Wildman–Crippen MR) is 126 cm³/mol. The van der Waals surface area contributed by atoms with Crippen LogP contribution in [-0.4, -0.2) is 42.3 Å². The molecule has 32 heavy (non-hydrogen) atoms. The van der Waals surface area contributed by atoms with Crippen molar-refractivity contribution in [2.24, 2.45) is 11.8 Å². The Hall–Kier alpha value is -3.26. The summed E-state index contributed by atoms with van der Waals surface area (Å²) in [7, 11) is 1.97. The Labute approximate surface area is 188 Å². The minimum atomic E-state index is -0.346. The molecule has 8 heteroatoms. The van der Waals surface area contributed by atoms with E-state index in [1.807, 2.05) is 7.05 Å². The van der Waals surface area contributed by atoms with Gasteiger partial charge in [-0.1, -0.05) is 18.6 Å². The molecule has 2 atom stereocenters. The average Bonchev–Trinajstić information content (AvgIpc) is 2.75. The van der Waals surface area contributed by atoms with Crippen LogP contribution in [-0.2, 0) is 4.79 Å². The molecule has 0 bridgehead atoms. The fraction of sp³-hybridized carbons (Fsp3) is 0.417. The third kappa shape index (κ3) is 6.37. The number of aromatic hydroxyl groups is 2. The van der Waals surface area contributed by atoms with Gasteiger partial charge in [-0.3, -0.25) is 4.79 Å². The highest BCUT2D eigenvalue weighted by atomic mass is 16.3. The van der Waals surface area contributed by atoms with Crippen molar-refractivity contribution in [2.75, 3.05) is 30.8 Å². The third-order valence-corrected chi connectivity index (χ3v) is 5.82.